The van der Waals surface area contributed by atoms with Gasteiger partial charge in [-0.25, -0.2) is 0 Å². The number of halogens is 1. The van der Waals surface area contributed by atoms with Crippen molar-refractivity contribution in [2.24, 2.45) is 0 Å². The van der Waals surface area contributed by atoms with Crippen LogP contribution in [0.5, 0.6) is 0 Å². The number of hydrogen-bond acceptors (Lipinski definition) is 3. The number of morpholine rings is 1. The van der Waals surface area contributed by atoms with Crippen molar-refractivity contribution in [2.45, 2.75) is 37.8 Å². The van der Waals surface area contributed by atoms with Gasteiger partial charge in [0.2, 0.25) is 0 Å². The van der Waals surface area contributed by atoms with E-state index in [0.29, 0.717) is 23.7 Å². The Hall–Kier alpha value is -1.13. The lowest BCUT2D eigenvalue weighted by Crippen LogP contribution is -2.54. The third-order valence-electron chi connectivity index (χ3n) is 3.99. The molecule has 3 rings (SSSR count). The summed E-state index contributed by atoms with van der Waals surface area (Å²) in [4.78, 5) is 18.6. The molecule has 1 aromatic heterocycles. The Kier molecular flexibility index (Phi) is 3.71. The molecule has 0 aromatic carbocycles. The lowest BCUT2D eigenvalue weighted by Gasteiger charge is -2.43. The molecule has 1 aromatic rings. The lowest BCUT2D eigenvalue weighted by atomic mass is 9.90. The van der Waals surface area contributed by atoms with E-state index < -0.39 is 0 Å². The van der Waals surface area contributed by atoms with E-state index >= 15 is 0 Å². The minimum atomic E-state index is -0.0155. The highest BCUT2D eigenvalue weighted by Crippen LogP contribution is 2.30. The van der Waals surface area contributed by atoms with Crippen LogP contribution in [0.15, 0.2) is 18.5 Å². The van der Waals surface area contributed by atoms with E-state index in [2.05, 4.69) is 4.98 Å². The number of pyridine rings is 1. The van der Waals surface area contributed by atoms with Gasteiger partial charge in [0.15, 0.2) is 0 Å². The van der Waals surface area contributed by atoms with Crippen LogP contribution in [0.2, 0.25) is 5.02 Å². The summed E-state index contributed by atoms with van der Waals surface area (Å²) in [5.41, 5.74) is 0.496. The minimum absolute atomic E-state index is 0.0155. The molecule has 2 atom stereocenters. The molecular formula is C14H17ClN2O2. The summed E-state index contributed by atoms with van der Waals surface area (Å²) in [5, 5.41) is 0.471. The van der Waals surface area contributed by atoms with Gasteiger partial charge in [0, 0.05) is 18.9 Å². The van der Waals surface area contributed by atoms with Crippen molar-refractivity contribution in [3.8, 4) is 0 Å². The Morgan fingerprint density at radius 3 is 3.11 bits per heavy atom. The Bertz CT molecular complexity index is 478. The zero-order valence-electron chi connectivity index (χ0n) is 10.7. The van der Waals surface area contributed by atoms with Crippen molar-refractivity contribution in [1.82, 2.24) is 9.88 Å². The topological polar surface area (TPSA) is 42.4 Å². The maximum absolute atomic E-state index is 12.6. The van der Waals surface area contributed by atoms with Crippen molar-refractivity contribution < 1.29 is 9.53 Å². The molecule has 102 valence electrons. The highest BCUT2D eigenvalue weighted by atomic mass is 35.5. The molecule has 19 heavy (non-hydrogen) atoms. The molecule has 0 bridgehead atoms. The minimum Gasteiger partial charge on any atom is -0.374 e. The second kappa shape index (κ2) is 5.47. The first kappa shape index (κ1) is 12.9. The Morgan fingerprint density at radius 2 is 2.26 bits per heavy atom. The average Bonchev–Trinajstić information content (AvgIpc) is 2.46. The summed E-state index contributed by atoms with van der Waals surface area (Å²) >= 11 is 6.09. The number of nitrogens with zero attached hydrogens (tertiary/aromatic N) is 2. The molecule has 1 saturated heterocycles. The first-order chi connectivity index (χ1) is 9.27. The van der Waals surface area contributed by atoms with E-state index in [1.54, 1.807) is 18.5 Å². The van der Waals surface area contributed by atoms with Crippen LogP contribution in [0.3, 0.4) is 0 Å². The summed E-state index contributed by atoms with van der Waals surface area (Å²) in [5.74, 6) is -0.0155. The molecule has 4 nitrogen and oxygen atoms in total. The number of carbonyl (C=O) groups is 1. The zero-order valence-corrected chi connectivity index (χ0v) is 11.5. The molecule has 1 amide bonds. The number of amides is 1. The fourth-order valence-corrected chi connectivity index (χ4v) is 3.22. The van der Waals surface area contributed by atoms with E-state index in [0.717, 1.165) is 19.3 Å². The number of carbonyl (C=O) groups excluding carboxylic acids is 1. The molecule has 0 N–H and O–H groups in total. The van der Waals surface area contributed by atoms with E-state index in [4.69, 9.17) is 16.3 Å². The number of aromatic nitrogens is 1. The number of fused-ring (bicyclic) bond motifs is 1. The van der Waals surface area contributed by atoms with Crippen LogP contribution in [-0.2, 0) is 4.74 Å². The van der Waals surface area contributed by atoms with Crippen molar-refractivity contribution in [3.63, 3.8) is 0 Å². The first-order valence-electron chi connectivity index (χ1n) is 6.79. The highest BCUT2D eigenvalue weighted by Gasteiger charge is 2.37. The van der Waals surface area contributed by atoms with Crippen LogP contribution in [0.4, 0.5) is 0 Å². The zero-order chi connectivity index (χ0) is 13.2. The van der Waals surface area contributed by atoms with Crippen LogP contribution < -0.4 is 0 Å². The SMILES string of the molecule is O=C(c1cnccc1Cl)N1CCOC2CCCCC21. The van der Waals surface area contributed by atoms with Crippen molar-refractivity contribution in [1.29, 1.82) is 0 Å². The summed E-state index contributed by atoms with van der Waals surface area (Å²) in [6.45, 7) is 1.26. The van der Waals surface area contributed by atoms with Gasteiger partial charge >= 0.3 is 0 Å². The monoisotopic (exact) mass is 280 g/mol. The van der Waals surface area contributed by atoms with E-state index in [9.17, 15) is 4.79 Å². The maximum Gasteiger partial charge on any atom is 0.257 e. The molecule has 0 spiro atoms. The smallest absolute Gasteiger partial charge is 0.257 e. The van der Waals surface area contributed by atoms with E-state index in [-0.39, 0.29) is 18.1 Å². The third kappa shape index (κ3) is 2.47. The Labute approximate surface area is 117 Å². The molecule has 2 fully saturated rings. The van der Waals surface area contributed by atoms with Crippen LogP contribution >= 0.6 is 11.6 Å². The maximum atomic E-state index is 12.6. The molecular weight excluding hydrogens is 264 g/mol. The fourth-order valence-electron chi connectivity index (χ4n) is 3.04. The van der Waals surface area contributed by atoms with Gasteiger partial charge in [0.1, 0.15) is 0 Å². The molecule has 0 radical (unpaired) electrons. The third-order valence-corrected chi connectivity index (χ3v) is 4.32. The molecule has 1 aliphatic carbocycles. The van der Waals surface area contributed by atoms with Crippen LogP contribution in [-0.4, -0.2) is 41.1 Å². The number of rotatable bonds is 1. The Morgan fingerprint density at radius 1 is 1.42 bits per heavy atom. The molecule has 2 unspecified atom stereocenters. The van der Waals surface area contributed by atoms with Crippen molar-refractivity contribution >= 4 is 17.5 Å². The second-order valence-corrected chi connectivity index (χ2v) is 5.52. The average molecular weight is 281 g/mol. The van der Waals surface area contributed by atoms with E-state index in [1.807, 2.05) is 4.90 Å². The van der Waals surface area contributed by atoms with Gasteiger partial charge in [-0.15, -0.1) is 0 Å². The molecule has 2 aliphatic rings. The molecule has 2 heterocycles. The summed E-state index contributed by atoms with van der Waals surface area (Å²) in [7, 11) is 0. The quantitative estimate of drug-likeness (QED) is 0.794. The molecule has 5 heteroatoms. The number of ether oxygens (including phenoxy) is 1. The van der Waals surface area contributed by atoms with Crippen LogP contribution in [0, 0.1) is 0 Å². The number of hydrogen-bond donors (Lipinski definition) is 0. The normalized spacial score (nSPS) is 26.9. The van der Waals surface area contributed by atoms with Crippen LogP contribution in [0.25, 0.3) is 0 Å². The van der Waals surface area contributed by atoms with Crippen molar-refractivity contribution in [2.75, 3.05) is 13.2 Å². The Balaban J connectivity index is 1.84. The first-order valence-corrected chi connectivity index (χ1v) is 7.17. The van der Waals surface area contributed by atoms with Gasteiger partial charge in [-0.05, 0) is 18.9 Å². The van der Waals surface area contributed by atoms with Gasteiger partial charge in [-0.3, -0.25) is 9.78 Å². The predicted molar refractivity (Wildman–Crippen MR) is 72.3 cm³/mol. The van der Waals surface area contributed by atoms with Gasteiger partial charge in [0.25, 0.3) is 5.91 Å². The largest absolute Gasteiger partial charge is 0.374 e. The summed E-state index contributed by atoms with van der Waals surface area (Å²) < 4.78 is 5.79. The van der Waals surface area contributed by atoms with E-state index in [1.165, 1.54) is 6.42 Å². The predicted octanol–water partition coefficient (Wildman–Crippen LogP) is 2.52. The summed E-state index contributed by atoms with van der Waals surface area (Å²) in [6.07, 6.45) is 7.77. The fraction of sp³-hybridized carbons (Fsp3) is 0.571. The standard InChI is InChI=1S/C14H17ClN2O2/c15-11-5-6-16-9-10(11)14(18)17-7-8-19-13-4-2-1-3-12(13)17/h5-6,9,12-13H,1-4,7-8H2. The second-order valence-electron chi connectivity index (χ2n) is 5.12. The molecule has 1 saturated carbocycles. The van der Waals surface area contributed by atoms with Crippen molar-refractivity contribution in [3.05, 3.63) is 29.0 Å². The summed E-state index contributed by atoms with van der Waals surface area (Å²) in [6, 6.07) is 1.86. The van der Waals surface area contributed by atoms with Gasteiger partial charge in [-0.1, -0.05) is 24.4 Å². The van der Waals surface area contributed by atoms with Gasteiger partial charge in [-0.2, -0.15) is 0 Å². The van der Waals surface area contributed by atoms with Gasteiger partial charge in [0.05, 0.1) is 29.3 Å². The lowest BCUT2D eigenvalue weighted by molar-refractivity contribution is -0.0752. The van der Waals surface area contributed by atoms with Gasteiger partial charge < -0.3 is 9.64 Å². The molecule has 1 aliphatic heterocycles. The highest BCUT2D eigenvalue weighted by molar-refractivity contribution is 6.33. The van der Waals surface area contributed by atoms with Crippen LogP contribution in [0.1, 0.15) is 36.0 Å².